The van der Waals surface area contributed by atoms with Gasteiger partial charge < -0.3 is 10.5 Å². The monoisotopic (exact) mass is 388 g/mol. The number of nitrogens with zero attached hydrogens (tertiary/aromatic N) is 3. The van der Waals surface area contributed by atoms with Gasteiger partial charge in [0, 0.05) is 10.6 Å². The highest BCUT2D eigenvalue weighted by Crippen LogP contribution is 2.15. The van der Waals surface area contributed by atoms with E-state index in [4.69, 9.17) is 22.1 Å². The summed E-state index contributed by atoms with van der Waals surface area (Å²) in [5.74, 6) is -0.602. The summed E-state index contributed by atoms with van der Waals surface area (Å²) in [6, 6.07) is 13.3. The molecule has 0 atom stereocenters. The van der Waals surface area contributed by atoms with Gasteiger partial charge in [0.2, 0.25) is 0 Å². The van der Waals surface area contributed by atoms with E-state index in [1.54, 1.807) is 55.6 Å². The van der Waals surface area contributed by atoms with Crippen LogP contribution < -0.4 is 15.1 Å². The number of rotatable bonds is 4. The second-order valence-electron chi connectivity index (χ2n) is 5.10. The number of amides is 2. The Morgan fingerprint density at radius 2 is 1.81 bits per heavy atom. The first-order valence-electron chi connectivity index (χ1n) is 7.37. The summed E-state index contributed by atoms with van der Waals surface area (Å²) in [6.07, 6.45) is 0. The van der Waals surface area contributed by atoms with Crippen molar-refractivity contribution in [1.29, 1.82) is 0 Å². The van der Waals surface area contributed by atoms with Crippen LogP contribution in [0.25, 0.3) is 5.69 Å². The van der Waals surface area contributed by atoms with Crippen molar-refractivity contribution in [3.63, 3.8) is 0 Å². The normalized spacial score (nSPS) is 11.4. The Hall–Kier alpha value is -2.97. The number of ether oxygens (including phenoxy) is 1. The summed E-state index contributed by atoms with van der Waals surface area (Å²) in [5.41, 5.74) is 6.31. The van der Waals surface area contributed by atoms with Crippen molar-refractivity contribution in [3.8, 4) is 11.4 Å². The molecule has 0 fully saturated rings. The molecule has 9 heteroatoms. The second kappa shape index (κ2) is 7.51. The van der Waals surface area contributed by atoms with Gasteiger partial charge in [-0.05, 0) is 60.1 Å². The predicted molar refractivity (Wildman–Crippen MR) is 97.9 cm³/mol. The molecule has 0 saturated carbocycles. The van der Waals surface area contributed by atoms with Crippen LogP contribution in [-0.2, 0) is 0 Å². The average Bonchev–Trinajstić information content (AvgIpc) is 3.06. The number of primary amides is 1. The van der Waals surface area contributed by atoms with Gasteiger partial charge in [0.15, 0.2) is 10.4 Å². The molecule has 2 aromatic carbocycles. The van der Waals surface area contributed by atoms with Crippen molar-refractivity contribution in [2.24, 2.45) is 10.7 Å². The maximum atomic E-state index is 12.3. The first-order chi connectivity index (χ1) is 12.5. The summed E-state index contributed by atoms with van der Waals surface area (Å²) >= 11 is 6.84. The van der Waals surface area contributed by atoms with Gasteiger partial charge in [-0.25, -0.2) is 0 Å². The lowest BCUT2D eigenvalue weighted by Crippen LogP contribution is -2.20. The Balaban J connectivity index is 2.02. The van der Waals surface area contributed by atoms with Crippen molar-refractivity contribution in [3.05, 3.63) is 69.5 Å². The molecule has 26 heavy (non-hydrogen) atoms. The van der Waals surface area contributed by atoms with Crippen molar-refractivity contribution in [2.75, 3.05) is 7.11 Å². The molecule has 0 radical (unpaired) electrons. The van der Waals surface area contributed by atoms with Crippen LogP contribution in [0.3, 0.4) is 0 Å². The minimum atomic E-state index is -0.767. The lowest BCUT2D eigenvalue weighted by atomic mass is 10.2. The Morgan fingerprint density at radius 3 is 2.38 bits per heavy atom. The van der Waals surface area contributed by atoms with Crippen LogP contribution in [0.1, 0.15) is 20.8 Å². The zero-order valence-corrected chi connectivity index (χ0v) is 15.1. The molecular formula is C17H13ClN4O3S. The number of carbonyl (C=O) groups is 2. The number of carbonyl (C=O) groups excluding carboxylic acids is 2. The number of hydrogen-bond donors (Lipinski definition) is 1. The minimum absolute atomic E-state index is 0.0758. The summed E-state index contributed by atoms with van der Waals surface area (Å²) in [7, 11) is 1.57. The van der Waals surface area contributed by atoms with Crippen molar-refractivity contribution in [1.82, 2.24) is 9.17 Å². The Kier molecular flexibility index (Phi) is 5.15. The molecule has 0 saturated heterocycles. The second-order valence-corrected chi connectivity index (χ2v) is 6.46. The van der Waals surface area contributed by atoms with E-state index in [0.717, 1.165) is 11.5 Å². The van der Waals surface area contributed by atoms with E-state index in [1.807, 2.05) is 0 Å². The average molecular weight is 389 g/mol. The van der Waals surface area contributed by atoms with Gasteiger partial charge in [-0.15, -0.1) is 5.10 Å². The van der Waals surface area contributed by atoms with Gasteiger partial charge in [0.05, 0.1) is 12.8 Å². The zero-order chi connectivity index (χ0) is 18.7. The quantitative estimate of drug-likeness (QED) is 0.741. The fourth-order valence-electron chi connectivity index (χ4n) is 2.08. The molecule has 1 heterocycles. The Labute approximate surface area is 157 Å². The minimum Gasteiger partial charge on any atom is -0.497 e. The van der Waals surface area contributed by atoms with Crippen LogP contribution in [0.15, 0.2) is 53.5 Å². The number of aromatic nitrogens is 2. The number of benzene rings is 2. The summed E-state index contributed by atoms with van der Waals surface area (Å²) in [5, 5.41) is 4.66. The van der Waals surface area contributed by atoms with Gasteiger partial charge in [-0.3, -0.25) is 9.59 Å². The van der Waals surface area contributed by atoms with Crippen molar-refractivity contribution < 1.29 is 14.3 Å². The maximum absolute atomic E-state index is 12.3. The lowest BCUT2D eigenvalue weighted by Gasteiger charge is -2.01. The van der Waals surface area contributed by atoms with Crippen LogP contribution in [0.5, 0.6) is 5.75 Å². The zero-order valence-electron chi connectivity index (χ0n) is 13.5. The molecular weight excluding hydrogens is 376 g/mol. The fraction of sp³-hybridized carbons (Fsp3) is 0.0588. The SMILES string of the molecule is COc1ccc(-n2nc(C(N)=O)c(=NC(=O)c3ccc(Cl)cc3)s2)cc1. The summed E-state index contributed by atoms with van der Waals surface area (Å²) in [4.78, 5) is 28.0. The standard InChI is InChI=1S/C17H13ClN4O3S/c1-25-13-8-6-12(7-9-13)22-21-14(15(19)23)17(26-22)20-16(24)10-2-4-11(18)5-3-10/h2-9H,1H3,(H2,19,23). The maximum Gasteiger partial charge on any atom is 0.278 e. The molecule has 1 aromatic heterocycles. The number of hydrogen-bond acceptors (Lipinski definition) is 5. The highest BCUT2D eigenvalue weighted by Gasteiger charge is 2.14. The predicted octanol–water partition coefficient (Wildman–Crippen LogP) is 2.44. The third-order valence-electron chi connectivity index (χ3n) is 3.39. The van der Waals surface area contributed by atoms with Crippen LogP contribution >= 0.6 is 23.1 Å². The van der Waals surface area contributed by atoms with E-state index in [-0.39, 0.29) is 10.4 Å². The molecule has 0 aliphatic carbocycles. The Morgan fingerprint density at radius 1 is 1.15 bits per heavy atom. The van der Waals surface area contributed by atoms with E-state index in [1.165, 1.54) is 4.07 Å². The van der Waals surface area contributed by atoms with Gasteiger partial charge in [0.25, 0.3) is 11.8 Å². The molecule has 3 rings (SSSR count). The molecule has 0 spiro atoms. The van der Waals surface area contributed by atoms with Gasteiger partial charge in [-0.2, -0.15) is 9.06 Å². The van der Waals surface area contributed by atoms with E-state index in [9.17, 15) is 9.59 Å². The topological polar surface area (TPSA) is 99.6 Å². The van der Waals surface area contributed by atoms with E-state index >= 15 is 0 Å². The molecule has 2 amide bonds. The molecule has 0 unspecified atom stereocenters. The first kappa shape index (κ1) is 17.8. The molecule has 7 nitrogen and oxygen atoms in total. The van der Waals surface area contributed by atoms with Crippen LogP contribution in [0, 0.1) is 0 Å². The summed E-state index contributed by atoms with van der Waals surface area (Å²) < 4.78 is 6.71. The van der Waals surface area contributed by atoms with Crippen LogP contribution in [0.4, 0.5) is 0 Å². The molecule has 132 valence electrons. The lowest BCUT2D eigenvalue weighted by molar-refractivity contribution is 0.0994. The van der Waals surface area contributed by atoms with E-state index in [2.05, 4.69) is 10.1 Å². The van der Waals surface area contributed by atoms with Crippen LogP contribution in [-0.4, -0.2) is 28.1 Å². The molecule has 0 aliphatic heterocycles. The number of methoxy groups -OCH3 is 1. The fourth-order valence-corrected chi connectivity index (χ4v) is 3.07. The number of nitrogens with two attached hydrogens (primary N) is 1. The molecule has 2 N–H and O–H groups in total. The number of halogens is 1. The highest BCUT2D eigenvalue weighted by molar-refractivity contribution is 7.04. The molecule has 0 bridgehead atoms. The smallest absolute Gasteiger partial charge is 0.278 e. The molecule has 0 aliphatic rings. The van der Waals surface area contributed by atoms with Gasteiger partial charge in [-0.1, -0.05) is 11.6 Å². The first-order valence-corrected chi connectivity index (χ1v) is 8.52. The highest BCUT2D eigenvalue weighted by atomic mass is 35.5. The van der Waals surface area contributed by atoms with E-state index in [0.29, 0.717) is 22.0 Å². The van der Waals surface area contributed by atoms with Crippen molar-refractivity contribution in [2.45, 2.75) is 0 Å². The third kappa shape index (κ3) is 3.81. The van der Waals surface area contributed by atoms with E-state index < -0.39 is 11.8 Å². The van der Waals surface area contributed by atoms with Crippen LogP contribution in [0.2, 0.25) is 5.02 Å². The summed E-state index contributed by atoms with van der Waals surface area (Å²) in [6.45, 7) is 0. The van der Waals surface area contributed by atoms with Crippen molar-refractivity contribution >= 4 is 34.9 Å². The van der Waals surface area contributed by atoms with Gasteiger partial charge >= 0.3 is 0 Å². The molecule has 3 aromatic rings. The Bertz CT molecular complexity index is 1020. The third-order valence-corrected chi connectivity index (χ3v) is 4.56. The van der Waals surface area contributed by atoms with Gasteiger partial charge in [0.1, 0.15) is 5.75 Å². The largest absolute Gasteiger partial charge is 0.497 e.